The fourth-order valence-corrected chi connectivity index (χ4v) is 1.33. The second-order valence-corrected chi connectivity index (χ2v) is 3.39. The van der Waals surface area contributed by atoms with E-state index >= 15 is 0 Å². The third-order valence-electron chi connectivity index (χ3n) is 2.16. The Morgan fingerprint density at radius 2 is 2.17 bits per heavy atom. The quantitative estimate of drug-likeness (QED) is 0.322. The summed E-state index contributed by atoms with van der Waals surface area (Å²) in [5.41, 5.74) is 0. The van der Waals surface area contributed by atoms with Crippen molar-refractivity contribution in [3.8, 4) is 0 Å². The predicted molar refractivity (Wildman–Crippen MR) is 83.5 cm³/mol. The van der Waals surface area contributed by atoms with Gasteiger partial charge in [-0.15, -0.1) is 24.0 Å². The zero-order valence-electron chi connectivity index (χ0n) is 10.9. The molecule has 1 heterocycles. The third-order valence-corrected chi connectivity index (χ3v) is 2.16. The molecular weight excluding hydrogens is 345 g/mol. The molecule has 104 valence electrons. The first-order chi connectivity index (χ1) is 8.36. The molecule has 0 unspecified atom stereocenters. The fraction of sp³-hybridized carbons (Fsp3) is 0.636. The van der Waals surface area contributed by atoms with Gasteiger partial charge in [0.2, 0.25) is 0 Å². The van der Waals surface area contributed by atoms with Crippen molar-refractivity contribution in [2.45, 2.75) is 13.5 Å². The van der Waals surface area contributed by atoms with Gasteiger partial charge in [-0.1, -0.05) is 0 Å². The van der Waals surface area contributed by atoms with Crippen LogP contribution in [0.2, 0.25) is 0 Å². The summed E-state index contributed by atoms with van der Waals surface area (Å²) in [4.78, 5) is 4.11. The van der Waals surface area contributed by atoms with E-state index < -0.39 is 0 Å². The van der Waals surface area contributed by atoms with Crippen molar-refractivity contribution in [1.29, 1.82) is 0 Å². The van der Waals surface area contributed by atoms with E-state index in [1.54, 1.807) is 13.2 Å². The number of nitrogens with one attached hydrogen (secondary N) is 2. The highest BCUT2D eigenvalue weighted by Crippen LogP contribution is 1.82. The van der Waals surface area contributed by atoms with Gasteiger partial charge < -0.3 is 15.4 Å². The summed E-state index contributed by atoms with van der Waals surface area (Å²) in [6, 6.07) is 1.91. The SMILES string of the molecule is CCOCCNC(=NC)NCCn1cccn1.I. The molecule has 7 heteroatoms. The Morgan fingerprint density at radius 3 is 2.78 bits per heavy atom. The first kappa shape index (κ1) is 17.2. The van der Waals surface area contributed by atoms with Crippen LogP contribution in [0.1, 0.15) is 6.92 Å². The topological polar surface area (TPSA) is 63.5 Å². The Labute approximate surface area is 125 Å². The Hall–Kier alpha value is -0.830. The summed E-state index contributed by atoms with van der Waals surface area (Å²) in [5.74, 6) is 0.789. The predicted octanol–water partition coefficient (Wildman–Crippen LogP) is 0.703. The minimum absolute atomic E-state index is 0. The van der Waals surface area contributed by atoms with Crippen molar-refractivity contribution >= 4 is 29.9 Å². The van der Waals surface area contributed by atoms with Crippen LogP contribution in [0.25, 0.3) is 0 Å². The van der Waals surface area contributed by atoms with Crippen LogP contribution in [0.15, 0.2) is 23.5 Å². The van der Waals surface area contributed by atoms with E-state index in [1.165, 1.54) is 0 Å². The van der Waals surface area contributed by atoms with E-state index in [9.17, 15) is 0 Å². The maximum absolute atomic E-state index is 5.23. The highest BCUT2D eigenvalue weighted by molar-refractivity contribution is 14.0. The van der Waals surface area contributed by atoms with E-state index in [0.717, 1.165) is 32.2 Å². The Morgan fingerprint density at radius 1 is 1.39 bits per heavy atom. The second-order valence-electron chi connectivity index (χ2n) is 3.39. The maximum Gasteiger partial charge on any atom is 0.191 e. The monoisotopic (exact) mass is 367 g/mol. The molecular formula is C11H22IN5O. The molecule has 2 N–H and O–H groups in total. The van der Waals surface area contributed by atoms with Gasteiger partial charge in [0.1, 0.15) is 0 Å². The summed E-state index contributed by atoms with van der Waals surface area (Å²) in [7, 11) is 1.75. The van der Waals surface area contributed by atoms with E-state index in [-0.39, 0.29) is 24.0 Å². The molecule has 0 saturated carbocycles. The van der Waals surface area contributed by atoms with Crippen molar-refractivity contribution < 1.29 is 4.74 Å². The Bertz CT molecular complexity index is 315. The molecule has 0 saturated heterocycles. The van der Waals surface area contributed by atoms with Crippen LogP contribution in [0.5, 0.6) is 0 Å². The van der Waals surface area contributed by atoms with Crippen LogP contribution in [-0.4, -0.2) is 49.1 Å². The van der Waals surface area contributed by atoms with Gasteiger partial charge in [-0.3, -0.25) is 9.67 Å². The van der Waals surface area contributed by atoms with Gasteiger partial charge in [0.25, 0.3) is 0 Å². The van der Waals surface area contributed by atoms with Gasteiger partial charge >= 0.3 is 0 Å². The van der Waals surface area contributed by atoms with E-state index in [0.29, 0.717) is 6.61 Å². The summed E-state index contributed by atoms with van der Waals surface area (Å²) in [5, 5.41) is 10.5. The number of rotatable bonds is 7. The number of hydrogen-bond acceptors (Lipinski definition) is 3. The molecule has 6 nitrogen and oxygen atoms in total. The van der Waals surface area contributed by atoms with E-state index in [1.807, 2.05) is 23.9 Å². The van der Waals surface area contributed by atoms with Crippen molar-refractivity contribution in [2.24, 2.45) is 4.99 Å². The molecule has 0 aromatic carbocycles. The lowest BCUT2D eigenvalue weighted by Crippen LogP contribution is -2.40. The number of guanidine groups is 1. The third kappa shape index (κ3) is 7.49. The standard InChI is InChI=1S/C11H21N5O.HI/c1-3-17-10-7-14-11(12-2)13-6-9-16-8-4-5-15-16;/h4-5,8H,3,6-7,9-10H2,1-2H3,(H2,12,13,14);1H. The molecule has 0 bridgehead atoms. The number of hydrogen-bond donors (Lipinski definition) is 2. The Kier molecular flexibility index (Phi) is 10.8. The highest BCUT2D eigenvalue weighted by atomic mass is 127. The molecule has 0 aliphatic heterocycles. The van der Waals surface area contributed by atoms with E-state index in [2.05, 4.69) is 20.7 Å². The average molecular weight is 367 g/mol. The number of aromatic nitrogens is 2. The lowest BCUT2D eigenvalue weighted by molar-refractivity contribution is 0.152. The molecule has 0 amide bonds. The highest BCUT2D eigenvalue weighted by Gasteiger charge is 1.96. The largest absolute Gasteiger partial charge is 0.380 e. The number of aliphatic imine (C=N–C) groups is 1. The molecule has 0 atom stereocenters. The molecule has 0 aliphatic rings. The van der Waals surface area contributed by atoms with Crippen LogP contribution in [0, 0.1) is 0 Å². The average Bonchev–Trinajstić information content (AvgIpc) is 2.85. The lowest BCUT2D eigenvalue weighted by atomic mass is 10.6. The van der Waals surface area contributed by atoms with Crippen LogP contribution >= 0.6 is 24.0 Å². The van der Waals surface area contributed by atoms with Gasteiger partial charge in [-0.2, -0.15) is 5.10 Å². The number of nitrogens with zero attached hydrogens (tertiary/aromatic N) is 3. The smallest absolute Gasteiger partial charge is 0.191 e. The molecule has 1 aromatic heterocycles. The van der Waals surface area contributed by atoms with Crippen LogP contribution in [0.3, 0.4) is 0 Å². The van der Waals surface area contributed by atoms with Gasteiger partial charge in [-0.05, 0) is 13.0 Å². The first-order valence-corrected chi connectivity index (χ1v) is 5.86. The van der Waals surface area contributed by atoms with Crippen molar-refractivity contribution in [3.63, 3.8) is 0 Å². The Balaban J connectivity index is 0.00000289. The second kappa shape index (κ2) is 11.3. The van der Waals surface area contributed by atoms with E-state index in [4.69, 9.17) is 4.74 Å². The summed E-state index contributed by atoms with van der Waals surface area (Å²) >= 11 is 0. The van der Waals surface area contributed by atoms with Gasteiger partial charge in [0.15, 0.2) is 5.96 Å². The molecule has 18 heavy (non-hydrogen) atoms. The van der Waals surface area contributed by atoms with Gasteiger partial charge in [0.05, 0.1) is 13.2 Å². The van der Waals surface area contributed by atoms with Crippen LogP contribution in [0.4, 0.5) is 0 Å². The molecule has 0 radical (unpaired) electrons. The molecule has 1 aromatic rings. The number of ether oxygens (including phenoxy) is 1. The molecule has 0 fully saturated rings. The van der Waals surface area contributed by atoms with Gasteiger partial charge in [0, 0.05) is 39.1 Å². The van der Waals surface area contributed by atoms with Gasteiger partial charge in [-0.25, -0.2) is 0 Å². The van der Waals surface area contributed by atoms with Crippen molar-refractivity contribution in [1.82, 2.24) is 20.4 Å². The maximum atomic E-state index is 5.23. The normalized spacial score (nSPS) is 10.9. The summed E-state index contributed by atoms with van der Waals surface area (Å²) in [6.45, 7) is 5.78. The summed E-state index contributed by atoms with van der Waals surface area (Å²) in [6.07, 6.45) is 3.71. The minimum Gasteiger partial charge on any atom is -0.380 e. The molecule has 1 rings (SSSR count). The van der Waals surface area contributed by atoms with Crippen molar-refractivity contribution in [2.75, 3.05) is 33.4 Å². The fourth-order valence-electron chi connectivity index (χ4n) is 1.33. The molecule has 0 spiro atoms. The first-order valence-electron chi connectivity index (χ1n) is 5.86. The van der Waals surface area contributed by atoms with Crippen LogP contribution in [-0.2, 0) is 11.3 Å². The van der Waals surface area contributed by atoms with Crippen LogP contribution < -0.4 is 10.6 Å². The summed E-state index contributed by atoms with van der Waals surface area (Å²) < 4.78 is 7.11. The zero-order chi connectivity index (χ0) is 12.3. The van der Waals surface area contributed by atoms with Crippen molar-refractivity contribution in [3.05, 3.63) is 18.5 Å². The lowest BCUT2D eigenvalue weighted by Gasteiger charge is -2.11. The number of halogens is 1. The molecule has 0 aliphatic carbocycles. The zero-order valence-corrected chi connectivity index (χ0v) is 13.3. The minimum atomic E-state index is 0.